The second-order valence-corrected chi connectivity index (χ2v) is 24.9. The Bertz CT molecular complexity index is 2910. The topological polar surface area (TPSA) is 109 Å². The van der Waals surface area contributed by atoms with Crippen LogP contribution in [-0.4, -0.2) is 39.9 Å². The first-order chi connectivity index (χ1) is 34.2. The highest BCUT2D eigenvalue weighted by molar-refractivity contribution is 6.10. The SMILES string of the molecule is CC(C)Cc1ccc(CC(C)C)c2c1-c1nc-2nc2[nH]c(nc3nc(nc4[nH]c(n1)c1c(CC(C)C)ccc(CC(C)C)c41)-c1c(CC(C)C)ccc(CC(C)C)c1-3)c1c(CC(C)C)ccc(CC(C)C)c21. The molecule has 7 aromatic rings. The number of rotatable bonds is 16. The molecule has 2 aliphatic rings. The second kappa shape index (κ2) is 20.6. The third-order valence-corrected chi connectivity index (χ3v) is 14.1. The third kappa shape index (κ3) is 10.3. The van der Waals surface area contributed by atoms with Gasteiger partial charge in [0.1, 0.15) is 22.6 Å². The second-order valence-electron chi connectivity index (χ2n) is 24.9. The maximum Gasteiger partial charge on any atom is 0.165 e. The lowest BCUT2D eigenvalue weighted by Gasteiger charge is -2.15. The summed E-state index contributed by atoms with van der Waals surface area (Å²) in [5.41, 5.74) is 17.6. The van der Waals surface area contributed by atoms with Gasteiger partial charge in [-0.3, -0.25) is 0 Å². The van der Waals surface area contributed by atoms with Crippen molar-refractivity contribution in [1.29, 1.82) is 0 Å². The van der Waals surface area contributed by atoms with Gasteiger partial charge in [-0.1, -0.05) is 159 Å². The number of H-pyrrole nitrogens is 2. The number of fused-ring (bicyclic) bond motifs is 20. The molecule has 0 aliphatic carbocycles. The fourth-order valence-electron chi connectivity index (χ4n) is 11.7. The molecule has 0 radical (unpaired) electrons. The molecule has 0 unspecified atom stereocenters. The summed E-state index contributed by atoms with van der Waals surface area (Å²) in [4.78, 5) is 42.4. The largest absolute Gasteiger partial charge is 0.324 e. The molecule has 0 amide bonds. The lowest BCUT2D eigenvalue weighted by Crippen LogP contribution is -2.03. The number of nitrogens with one attached hydrogen (secondary N) is 2. The van der Waals surface area contributed by atoms with Crippen LogP contribution < -0.4 is 0 Å². The number of aromatic nitrogens is 8. The van der Waals surface area contributed by atoms with Crippen LogP contribution in [0.1, 0.15) is 155 Å². The lowest BCUT2D eigenvalue weighted by atomic mass is 9.88. The van der Waals surface area contributed by atoms with E-state index in [1.807, 2.05) is 0 Å². The van der Waals surface area contributed by atoms with E-state index in [4.69, 9.17) is 29.9 Å². The van der Waals surface area contributed by atoms with Gasteiger partial charge in [0.15, 0.2) is 23.3 Å². The van der Waals surface area contributed by atoms with Crippen LogP contribution in [0.25, 0.3) is 89.7 Å². The Morgan fingerprint density at radius 2 is 0.417 bits per heavy atom. The summed E-state index contributed by atoms with van der Waals surface area (Å²) < 4.78 is 0. The number of hydrogen-bond donors (Lipinski definition) is 2. The fraction of sp³-hybridized carbons (Fsp3) is 0.500. The van der Waals surface area contributed by atoms with Crippen LogP contribution in [-0.2, 0) is 51.4 Å². The molecule has 2 N–H and O–H groups in total. The number of benzene rings is 4. The van der Waals surface area contributed by atoms with E-state index in [-0.39, 0.29) is 0 Å². The van der Waals surface area contributed by atoms with Crippen molar-refractivity contribution < 1.29 is 0 Å². The minimum Gasteiger partial charge on any atom is -0.324 e. The summed E-state index contributed by atoms with van der Waals surface area (Å²) in [5, 5.41) is 4.51. The zero-order chi connectivity index (χ0) is 51.4. The Hall–Kier alpha value is -5.76. The molecule has 0 saturated carbocycles. The first-order valence-electron chi connectivity index (χ1n) is 27.7. The molecule has 72 heavy (non-hydrogen) atoms. The van der Waals surface area contributed by atoms with Crippen LogP contribution in [0.4, 0.5) is 0 Å². The molecule has 0 saturated heterocycles. The molecule has 8 nitrogen and oxygen atoms in total. The van der Waals surface area contributed by atoms with Crippen molar-refractivity contribution in [3.8, 4) is 45.6 Å². The molecule has 378 valence electrons. The highest BCUT2D eigenvalue weighted by atomic mass is 15.1. The minimum absolute atomic E-state index is 0.426. The highest BCUT2D eigenvalue weighted by Gasteiger charge is 2.31. The van der Waals surface area contributed by atoms with E-state index in [0.717, 1.165) is 118 Å². The van der Waals surface area contributed by atoms with Crippen molar-refractivity contribution in [1.82, 2.24) is 39.9 Å². The van der Waals surface area contributed by atoms with Gasteiger partial charge in [0.2, 0.25) is 0 Å². The van der Waals surface area contributed by atoms with Gasteiger partial charge in [0.05, 0.1) is 0 Å². The molecule has 9 rings (SSSR count). The van der Waals surface area contributed by atoms with E-state index >= 15 is 0 Å². The van der Waals surface area contributed by atoms with E-state index in [0.29, 0.717) is 70.6 Å². The van der Waals surface area contributed by atoms with Gasteiger partial charge >= 0.3 is 0 Å². The number of nitrogens with zero attached hydrogens (tertiary/aromatic N) is 6. The third-order valence-electron chi connectivity index (χ3n) is 14.1. The van der Waals surface area contributed by atoms with Crippen LogP contribution in [0, 0.1) is 47.3 Å². The number of aromatic amines is 2. The van der Waals surface area contributed by atoms with Crippen molar-refractivity contribution in [2.75, 3.05) is 0 Å². The number of hydrogen-bond acceptors (Lipinski definition) is 6. The molecule has 0 fully saturated rings. The average molecular weight is 963 g/mol. The Kier molecular flexibility index (Phi) is 14.7. The summed E-state index contributed by atoms with van der Waals surface area (Å²) in [6, 6.07) is 18.8. The van der Waals surface area contributed by atoms with E-state index in [9.17, 15) is 0 Å². The lowest BCUT2D eigenvalue weighted by molar-refractivity contribution is 0.642. The Morgan fingerprint density at radius 1 is 0.250 bits per heavy atom. The van der Waals surface area contributed by atoms with Crippen LogP contribution in [0.15, 0.2) is 48.5 Å². The monoisotopic (exact) mass is 963 g/mol. The van der Waals surface area contributed by atoms with Gasteiger partial charge in [-0.2, -0.15) is 0 Å². The van der Waals surface area contributed by atoms with Gasteiger partial charge < -0.3 is 9.97 Å². The van der Waals surface area contributed by atoms with Gasteiger partial charge in [-0.05, 0) is 143 Å². The van der Waals surface area contributed by atoms with Crippen molar-refractivity contribution >= 4 is 44.1 Å². The molecule has 0 atom stereocenters. The van der Waals surface area contributed by atoms with Crippen molar-refractivity contribution in [2.45, 2.75) is 162 Å². The smallest absolute Gasteiger partial charge is 0.165 e. The van der Waals surface area contributed by atoms with Gasteiger partial charge in [-0.25, -0.2) is 29.9 Å². The summed E-state index contributed by atoms with van der Waals surface area (Å²) in [5.74, 6) is 6.24. The van der Waals surface area contributed by atoms with E-state index in [2.05, 4.69) is 169 Å². The summed E-state index contributed by atoms with van der Waals surface area (Å²) in [6.45, 7) is 36.9. The molecular weight excluding hydrogens is 881 g/mol. The van der Waals surface area contributed by atoms with Crippen molar-refractivity contribution in [3.05, 3.63) is 93.0 Å². The molecule has 5 heterocycles. The normalized spacial score (nSPS) is 12.8. The maximum absolute atomic E-state index is 5.80. The van der Waals surface area contributed by atoms with E-state index in [1.54, 1.807) is 0 Å². The molecule has 8 heteroatoms. The fourth-order valence-corrected chi connectivity index (χ4v) is 11.7. The Morgan fingerprint density at radius 3 is 0.597 bits per heavy atom. The van der Waals surface area contributed by atoms with Gasteiger partial charge in [0.25, 0.3) is 0 Å². The van der Waals surface area contributed by atoms with Crippen molar-refractivity contribution in [2.24, 2.45) is 47.3 Å². The minimum atomic E-state index is 0.426. The molecule has 0 spiro atoms. The Labute approximate surface area is 430 Å². The molecule has 2 aliphatic heterocycles. The predicted octanol–water partition coefficient (Wildman–Crippen LogP) is 16.5. The molecule has 4 aromatic carbocycles. The standard InChI is InChI=1S/C64H82N8/c1-33(2)25-41-17-18-42(26-34(3)4)50-49(41)57-65-58(50)70-60-53-45(29-37(9)10)21-22-46(30-38(11)12)54(53)62(67-60)72-64-56-48(32-40(15)16)24-23-47(31-39(13)14)55(56)63(68-64)71-61-52-44(28-36(7)8)20-19-43(27-35(5)6)51(52)59(66-61)69-57/h17-24,33-40H,25-32H2,1-16H3,(H2,65,66,67,68,69,70,71,72). The zero-order valence-electron chi connectivity index (χ0n) is 46.6. The van der Waals surface area contributed by atoms with Crippen LogP contribution in [0.3, 0.4) is 0 Å². The quantitative estimate of drug-likeness (QED) is 0.0998. The van der Waals surface area contributed by atoms with E-state index < -0.39 is 0 Å². The summed E-state index contributed by atoms with van der Waals surface area (Å²) >= 11 is 0. The zero-order valence-corrected chi connectivity index (χ0v) is 46.6. The molecular formula is C64H82N8. The highest BCUT2D eigenvalue weighted by Crippen LogP contribution is 2.45. The summed E-state index contributed by atoms with van der Waals surface area (Å²) in [7, 11) is 0. The van der Waals surface area contributed by atoms with Gasteiger partial charge in [-0.15, -0.1) is 0 Å². The molecule has 8 bridgehead atoms. The van der Waals surface area contributed by atoms with Gasteiger partial charge in [0, 0.05) is 43.8 Å². The van der Waals surface area contributed by atoms with Crippen LogP contribution >= 0.6 is 0 Å². The Balaban J connectivity index is 1.58. The first-order valence-corrected chi connectivity index (χ1v) is 27.7. The average Bonchev–Trinajstić information content (AvgIpc) is 4.02. The van der Waals surface area contributed by atoms with Crippen LogP contribution in [0.5, 0.6) is 0 Å². The summed E-state index contributed by atoms with van der Waals surface area (Å²) in [6.07, 6.45) is 7.22. The predicted molar refractivity (Wildman–Crippen MR) is 304 cm³/mol. The first kappa shape index (κ1) is 51.2. The van der Waals surface area contributed by atoms with Crippen molar-refractivity contribution in [3.63, 3.8) is 0 Å². The maximum atomic E-state index is 5.80. The van der Waals surface area contributed by atoms with Crippen LogP contribution in [0.2, 0.25) is 0 Å². The van der Waals surface area contributed by atoms with E-state index in [1.165, 1.54) is 44.5 Å². The molecule has 3 aromatic heterocycles.